The third-order valence-corrected chi connectivity index (χ3v) is 3.88. The molecular weight excluding hydrogens is 212 g/mol. The Hall–Kier alpha value is -0.0800. The predicted molar refractivity (Wildman–Crippen MR) is 74.5 cm³/mol. The van der Waals surface area contributed by atoms with Gasteiger partial charge in [-0.25, -0.2) is 0 Å². The molecule has 0 aromatic rings. The van der Waals surface area contributed by atoms with E-state index in [1.807, 2.05) is 0 Å². The summed E-state index contributed by atoms with van der Waals surface area (Å²) in [6.45, 7) is 11.8. The van der Waals surface area contributed by atoms with Gasteiger partial charge in [0.05, 0.1) is 17.8 Å². The van der Waals surface area contributed by atoms with Crippen molar-refractivity contribution in [2.24, 2.45) is 0 Å². The van der Waals surface area contributed by atoms with Gasteiger partial charge in [0.1, 0.15) is 0 Å². The summed E-state index contributed by atoms with van der Waals surface area (Å²) in [4.78, 5) is 0. The summed E-state index contributed by atoms with van der Waals surface area (Å²) in [7, 11) is 1.81. The Balaban J connectivity index is 4.10. The summed E-state index contributed by atoms with van der Waals surface area (Å²) in [6.07, 6.45) is 6.64. The van der Waals surface area contributed by atoms with Crippen LogP contribution in [0.25, 0.3) is 0 Å². The minimum absolute atomic E-state index is 0.0182. The summed E-state index contributed by atoms with van der Waals surface area (Å²) in [5.41, 5.74) is 0.0330. The zero-order chi connectivity index (χ0) is 13.4. The Labute approximate surface area is 108 Å². The number of ether oxygens (including phenoxy) is 2. The highest BCUT2D eigenvalue weighted by Gasteiger charge is 2.26. The molecule has 0 spiro atoms. The fraction of sp³-hybridized carbons (Fsp3) is 1.00. The number of hydrogen-bond donors (Lipinski definition) is 0. The van der Waals surface area contributed by atoms with Gasteiger partial charge in [0.25, 0.3) is 0 Å². The van der Waals surface area contributed by atoms with Gasteiger partial charge in [-0.1, -0.05) is 33.6 Å². The monoisotopic (exact) mass is 244 g/mol. The van der Waals surface area contributed by atoms with E-state index in [2.05, 4.69) is 34.6 Å². The van der Waals surface area contributed by atoms with Crippen LogP contribution in [0.15, 0.2) is 0 Å². The van der Waals surface area contributed by atoms with Crippen molar-refractivity contribution in [3.05, 3.63) is 0 Å². The smallest absolute Gasteiger partial charge is 0.0672 e. The summed E-state index contributed by atoms with van der Waals surface area (Å²) < 4.78 is 11.7. The van der Waals surface area contributed by atoms with Crippen LogP contribution in [0.3, 0.4) is 0 Å². The van der Waals surface area contributed by atoms with Crippen molar-refractivity contribution < 1.29 is 9.47 Å². The van der Waals surface area contributed by atoms with E-state index in [1.165, 1.54) is 6.42 Å². The van der Waals surface area contributed by atoms with Crippen molar-refractivity contribution in [1.82, 2.24) is 0 Å². The van der Waals surface area contributed by atoms with Crippen molar-refractivity contribution in [3.8, 4) is 0 Å². The fourth-order valence-electron chi connectivity index (χ4n) is 2.25. The van der Waals surface area contributed by atoms with Gasteiger partial charge in [0, 0.05) is 7.11 Å². The first-order valence-corrected chi connectivity index (χ1v) is 7.14. The van der Waals surface area contributed by atoms with Crippen LogP contribution < -0.4 is 0 Å². The third kappa shape index (κ3) is 6.42. The minimum Gasteiger partial charge on any atom is -0.378 e. The first kappa shape index (κ1) is 16.9. The quantitative estimate of drug-likeness (QED) is 0.560. The van der Waals surface area contributed by atoms with Gasteiger partial charge >= 0.3 is 0 Å². The highest BCUT2D eigenvalue weighted by Crippen LogP contribution is 2.25. The average Bonchev–Trinajstić information content (AvgIpc) is 2.30. The Morgan fingerprint density at radius 2 is 1.35 bits per heavy atom. The van der Waals surface area contributed by atoms with Crippen LogP contribution >= 0.6 is 0 Å². The second kappa shape index (κ2) is 8.10. The number of hydrogen-bond acceptors (Lipinski definition) is 2. The first-order valence-electron chi connectivity index (χ1n) is 7.14. The fourth-order valence-corrected chi connectivity index (χ4v) is 2.25. The van der Waals surface area contributed by atoms with E-state index in [0.717, 1.165) is 38.7 Å². The molecule has 104 valence electrons. The molecule has 0 rings (SSSR count). The molecule has 0 aliphatic rings. The SMILES string of the molecule is CCCC(C)(CCOC(C)(CC)CCC)OC. The molecule has 0 amide bonds. The molecule has 0 N–H and O–H groups in total. The summed E-state index contributed by atoms with van der Waals surface area (Å²) in [6, 6.07) is 0. The first-order chi connectivity index (χ1) is 7.95. The highest BCUT2D eigenvalue weighted by atomic mass is 16.5. The van der Waals surface area contributed by atoms with Crippen LogP contribution in [0, 0.1) is 0 Å². The van der Waals surface area contributed by atoms with Crippen molar-refractivity contribution in [2.45, 2.75) is 84.3 Å². The lowest BCUT2D eigenvalue weighted by Crippen LogP contribution is -2.33. The van der Waals surface area contributed by atoms with E-state index < -0.39 is 0 Å². The standard InChI is InChI=1S/C15H32O2/c1-7-10-14(4,9-3)17-13-12-15(5,16-6)11-8-2/h7-13H2,1-6H3. The largest absolute Gasteiger partial charge is 0.378 e. The van der Waals surface area contributed by atoms with Crippen molar-refractivity contribution in [1.29, 1.82) is 0 Å². The molecule has 0 radical (unpaired) electrons. The van der Waals surface area contributed by atoms with Crippen molar-refractivity contribution >= 4 is 0 Å². The summed E-state index contributed by atoms with van der Waals surface area (Å²) >= 11 is 0. The van der Waals surface area contributed by atoms with Gasteiger partial charge in [0.15, 0.2) is 0 Å². The van der Waals surface area contributed by atoms with E-state index in [1.54, 1.807) is 7.11 Å². The maximum atomic E-state index is 6.08. The van der Waals surface area contributed by atoms with Crippen LogP contribution in [0.1, 0.15) is 73.1 Å². The molecule has 17 heavy (non-hydrogen) atoms. The van der Waals surface area contributed by atoms with E-state index in [4.69, 9.17) is 9.47 Å². The van der Waals surface area contributed by atoms with Gasteiger partial charge in [-0.2, -0.15) is 0 Å². The molecule has 0 heterocycles. The van der Waals surface area contributed by atoms with Crippen LogP contribution in [0.4, 0.5) is 0 Å². The molecule has 2 nitrogen and oxygen atoms in total. The molecule has 0 bridgehead atoms. The summed E-state index contributed by atoms with van der Waals surface area (Å²) in [5.74, 6) is 0. The molecule has 2 atom stereocenters. The zero-order valence-electron chi connectivity index (χ0n) is 12.8. The second-order valence-electron chi connectivity index (χ2n) is 5.56. The lowest BCUT2D eigenvalue weighted by Gasteiger charge is -2.32. The van der Waals surface area contributed by atoms with E-state index >= 15 is 0 Å². The zero-order valence-corrected chi connectivity index (χ0v) is 12.8. The Morgan fingerprint density at radius 3 is 1.76 bits per heavy atom. The highest BCUT2D eigenvalue weighted by molar-refractivity contribution is 4.77. The molecule has 2 heteroatoms. The minimum atomic E-state index is -0.0182. The molecule has 0 saturated carbocycles. The molecule has 0 aliphatic heterocycles. The Morgan fingerprint density at radius 1 is 0.824 bits per heavy atom. The topological polar surface area (TPSA) is 18.5 Å². The van der Waals surface area contributed by atoms with Crippen molar-refractivity contribution in [3.63, 3.8) is 0 Å². The van der Waals surface area contributed by atoms with Crippen LogP contribution in [0.2, 0.25) is 0 Å². The van der Waals surface area contributed by atoms with Crippen LogP contribution in [-0.2, 0) is 9.47 Å². The summed E-state index contributed by atoms with van der Waals surface area (Å²) in [5, 5.41) is 0. The molecule has 0 saturated heterocycles. The molecule has 0 aliphatic carbocycles. The van der Waals surface area contributed by atoms with E-state index in [9.17, 15) is 0 Å². The van der Waals surface area contributed by atoms with Gasteiger partial charge < -0.3 is 9.47 Å². The average molecular weight is 244 g/mol. The molecule has 2 unspecified atom stereocenters. The molecule has 0 aromatic heterocycles. The third-order valence-electron chi connectivity index (χ3n) is 3.88. The number of methoxy groups -OCH3 is 1. The van der Waals surface area contributed by atoms with Gasteiger partial charge in [-0.15, -0.1) is 0 Å². The lowest BCUT2D eigenvalue weighted by molar-refractivity contribution is -0.0794. The van der Waals surface area contributed by atoms with Crippen LogP contribution in [0.5, 0.6) is 0 Å². The van der Waals surface area contributed by atoms with E-state index in [-0.39, 0.29) is 11.2 Å². The molecular formula is C15H32O2. The van der Waals surface area contributed by atoms with Gasteiger partial charge in [-0.05, 0) is 39.5 Å². The normalized spacial score (nSPS) is 18.7. The van der Waals surface area contributed by atoms with Gasteiger partial charge in [-0.3, -0.25) is 0 Å². The molecule has 0 aromatic carbocycles. The van der Waals surface area contributed by atoms with E-state index in [0.29, 0.717) is 0 Å². The van der Waals surface area contributed by atoms with Crippen LogP contribution in [-0.4, -0.2) is 24.9 Å². The Kier molecular flexibility index (Phi) is 8.06. The Bertz CT molecular complexity index is 173. The molecule has 0 fully saturated rings. The van der Waals surface area contributed by atoms with Crippen molar-refractivity contribution in [2.75, 3.05) is 13.7 Å². The number of rotatable bonds is 10. The predicted octanol–water partition coefficient (Wildman–Crippen LogP) is 4.57. The second-order valence-corrected chi connectivity index (χ2v) is 5.56. The maximum Gasteiger partial charge on any atom is 0.0672 e. The maximum absolute atomic E-state index is 6.08. The lowest BCUT2D eigenvalue weighted by atomic mass is 9.95. The van der Waals surface area contributed by atoms with Gasteiger partial charge in [0.2, 0.25) is 0 Å².